The van der Waals surface area contributed by atoms with Gasteiger partial charge in [-0.2, -0.15) is 0 Å². The van der Waals surface area contributed by atoms with Gasteiger partial charge in [0.15, 0.2) is 0 Å². The predicted molar refractivity (Wildman–Crippen MR) is 75.3 cm³/mol. The lowest BCUT2D eigenvalue weighted by Crippen LogP contribution is -2.18. The minimum Gasteiger partial charge on any atom is -0.464 e. The van der Waals surface area contributed by atoms with Crippen molar-refractivity contribution in [2.75, 3.05) is 6.54 Å². The van der Waals surface area contributed by atoms with Crippen molar-refractivity contribution in [3.63, 3.8) is 0 Å². The molecule has 1 N–H and O–H groups in total. The highest BCUT2D eigenvalue weighted by atomic mass is 32.2. The van der Waals surface area contributed by atoms with Crippen LogP contribution in [0.2, 0.25) is 0 Å². The van der Waals surface area contributed by atoms with Gasteiger partial charge in [0.1, 0.15) is 5.58 Å². The summed E-state index contributed by atoms with van der Waals surface area (Å²) in [6.07, 6.45) is 2.77. The first-order chi connectivity index (χ1) is 8.04. The van der Waals surface area contributed by atoms with Crippen LogP contribution in [0.1, 0.15) is 26.3 Å². The number of fused-ring (bicyclic) bond motifs is 1. The molecule has 1 aromatic carbocycles. The van der Waals surface area contributed by atoms with Crippen molar-refractivity contribution >= 4 is 22.9 Å². The molecule has 2 nitrogen and oxygen atoms in total. The van der Waals surface area contributed by atoms with E-state index < -0.39 is 0 Å². The first-order valence-corrected chi connectivity index (χ1v) is 6.73. The number of rotatable bonds is 4. The van der Waals surface area contributed by atoms with Crippen molar-refractivity contribution in [1.82, 2.24) is 4.72 Å². The molecule has 1 aromatic heterocycles. The maximum Gasteiger partial charge on any atom is 0.134 e. The molecule has 0 saturated heterocycles. The smallest absolute Gasteiger partial charge is 0.134 e. The maximum atomic E-state index is 5.39. The highest BCUT2D eigenvalue weighted by molar-refractivity contribution is 7.98. The Bertz CT molecular complexity index is 484. The summed E-state index contributed by atoms with van der Waals surface area (Å²) < 4.78 is 9.06. The second-order valence-electron chi connectivity index (χ2n) is 5.15. The minimum atomic E-state index is 0.269. The first kappa shape index (κ1) is 12.5. The van der Waals surface area contributed by atoms with Crippen molar-refractivity contribution in [2.24, 2.45) is 0 Å². The molecule has 0 aliphatic rings. The van der Waals surface area contributed by atoms with Gasteiger partial charge in [-0.1, -0.05) is 24.1 Å². The van der Waals surface area contributed by atoms with E-state index in [1.165, 1.54) is 10.9 Å². The van der Waals surface area contributed by atoms with E-state index in [1.807, 2.05) is 6.07 Å². The van der Waals surface area contributed by atoms with Gasteiger partial charge in [0.2, 0.25) is 0 Å². The summed E-state index contributed by atoms with van der Waals surface area (Å²) in [4.78, 5) is 0. The van der Waals surface area contributed by atoms with Gasteiger partial charge in [0, 0.05) is 16.7 Å². The molecule has 17 heavy (non-hydrogen) atoms. The molecule has 0 fully saturated rings. The zero-order chi connectivity index (χ0) is 12.3. The van der Waals surface area contributed by atoms with E-state index in [4.69, 9.17) is 4.42 Å². The summed E-state index contributed by atoms with van der Waals surface area (Å²) >= 11 is 1.78. The zero-order valence-electron chi connectivity index (χ0n) is 10.6. The Morgan fingerprint density at radius 2 is 2.06 bits per heavy atom. The van der Waals surface area contributed by atoms with Gasteiger partial charge in [0.05, 0.1) is 6.26 Å². The largest absolute Gasteiger partial charge is 0.464 e. The van der Waals surface area contributed by atoms with Gasteiger partial charge in [-0.25, -0.2) is 0 Å². The summed E-state index contributed by atoms with van der Waals surface area (Å²) in [6, 6.07) is 8.40. The molecule has 2 aromatic rings. The van der Waals surface area contributed by atoms with E-state index in [-0.39, 0.29) is 4.75 Å². The highest BCUT2D eigenvalue weighted by Gasteiger charge is 2.09. The third kappa shape index (κ3) is 3.79. The quantitative estimate of drug-likeness (QED) is 0.654. The Morgan fingerprint density at radius 3 is 2.82 bits per heavy atom. The van der Waals surface area contributed by atoms with Crippen LogP contribution < -0.4 is 4.72 Å². The SMILES string of the molecule is CC(C)(C)SNCCc1ccc2ccoc2c1. The minimum absolute atomic E-state index is 0.269. The topological polar surface area (TPSA) is 25.2 Å². The van der Waals surface area contributed by atoms with Gasteiger partial charge in [-0.05, 0) is 44.9 Å². The molecule has 0 unspecified atom stereocenters. The van der Waals surface area contributed by atoms with Gasteiger partial charge in [-0.15, -0.1) is 0 Å². The average Bonchev–Trinajstić information content (AvgIpc) is 2.70. The number of hydrogen-bond donors (Lipinski definition) is 1. The third-order valence-corrected chi connectivity index (χ3v) is 3.38. The molecule has 0 bridgehead atoms. The van der Waals surface area contributed by atoms with Crippen LogP contribution in [0.15, 0.2) is 34.9 Å². The molecular formula is C14H19NOS. The van der Waals surface area contributed by atoms with Crippen LogP contribution in [0.5, 0.6) is 0 Å². The van der Waals surface area contributed by atoms with Crippen LogP contribution in [0, 0.1) is 0 Å². The van der Waals surface area contributed by atoms with Crippen LogP contribution in [0.25, 0.3) is 11.0 Å². The van der Waals surface area contributed by atoms with Gasteiger partial charge < -0.3 is 4.42 Å². The molecule has 0 atom stereocenters. The number of benzene rings is 1. The third-order valence-electron chi connectivity index (χ3n) is 2.41. The molecule has 92 valence electrons. The fourth-order valence-corrected chi connectivity index (χ4v) is 2.25. The van der Waals surface area contributed by atoms with Crippen LogP contribution in [0.3, 0.4) is 0 Å². The zero-order valence-corrected chi connectivity index (χ0v) is 11.4. The van der Waals surface area contributed by atoms with Gasteiger partial charge in [0.25, 0.3) is 0 Å². The molecule has 0 aliphatic carbocycles. The standard InChI is InChI=1S/C14H19NOS/c1-14(2,3)17-15-8-6-11-4-5-12-7-9-16-13(12)10-11/h4-5,7,9-10,15H,6,8H2,1-3H3. The van der Waals surface area contributed by atoms with Crippen molar-refractivity contribution in [2.45, 2.75) is 31.9 Å². The summed E-state index contributed by atoms with van der Waals surface area (Å²) in [5.74, 6) is 0. The molecular weight excluding hydrogens is 230 g/mol. The van der Waals surface area contributed by atoms with Crippen LogP contribution in [0.4, 0.5) is 0 Å². The summed E-state index contributed by atoms with van der Waals surface area (Å²) in [5, 5.41) is 1.17. The predicted octanol–water partition coefficient (Wildman–Crippen LogP) is 4.01. The Kier molecular flexibility index (Phi) is 3.79. The van der Waals surface area contributed by atoms with Crippen LogP contribution >= 0.6 is 11.9 Å². The molecule has 0 amide bonds. The Labute approximate surface area is 107 Å². The van der Waals surface area contributed by atoms with Crippen molar-refractivity contribution in [1.29, 1.82) is 0 Å². The van der Waals surface area contributed by atoms with Crippen molar-refractivity contribution in [3.8, 4) is 0 Å². The van der Waals surface area contributed by atoms with Crippen LogP contribution in [-0.4, -0.2) is 11.3 Å². The van der Waals surface area contributed by atoms with E-state index in [1.54, 1.807) is 18.2 Å². The lowest BCUT2D eigenvalue weighted by molar-refractivity contribution is 0.615. The Morgan fingerprint density at radius 1 is 1.24 bits per heavy atom. The van der Waals surface area contributed by atoms with E-state index >= 15 is 0 Å². The van der Waals surface area contributed by atoms with E-state index in [0.29, 0.717) is 0 Å². The average molecular weight is 249 g/mol. The van der Waals surface area contributed by atoms with E-state index in [9.17, 15) is 0 Å². The second-order valence-corrected chi connectivity index (χ2v) is 6.87. The van der Waals surface area contributed by atoms with E-state index in [0.717, 1.165) is 18.5 Å². The lowest BCUT2D eigenvalue weighted by Gasteiger charge is -2.17. The van der Waals surface area contributed by atoms with E-state index in [2.05, 4.69) is 43.7 Å². The fourth-order valence-electron chi connectivity index (χ4n) is 1.62. The number of nitrogens with one attached hydrogen (secondary N) is 1. The molecule has 0 aliphatic heterocycles. The van der Waals surface area contributed by atoms with Crippen LogP contribution in [-0.2, 0) is 6.42 Å². The lowest BCUT2D eigenvalue weighted by atomic mass is 10.1. The highest BCUT2D eigenvalue weighted by Crippen LogP contribution is 2.20. The van der Waals surface area contributed by atoms with Gasteiger partial charge >= 0.3 is 0 Å². The number of furan rings is 1. The Balaban J connectivity index is 1.86. The molecule has 2 rings (SSSR count). The van der Waals surface area contributed by atoms with Gasteiger partial charge in [-0.3, -0.25) is 4.72 Å². The molecule has 0 saturated carbocycles. The molecule has 0 spiro atoms. The summed E-state index contributed by atoms with van der Waals surface area (Å²) in [6.45, 7) is 7.60. The monoisotopic (exact) mass is 249 g/mol. The number of hydrogen-bond acceptors (Lipinski definition) is 3. The summed E-state index contributed by atoms with van der Waals surface area (Å²) in [5.41, 5.74) is 2.29. The fraction of sp³-hybridized carbons (Fsp3) is 0.429. The summed E-state index contributed by atoms with van der Waals surface area (Å²) in [7, 11) is 0. The first-order valence-electron chi connectivity index (χ1n) is 5.92. The van der Waals surface area contributed by atoms with Crippen molar-refractivity contribution < 1.29 is 4.42 Å². The second kappa shape index (κ2) is 5.15. The maximum absolute atomic E-state index is 5.39. The molecule has 3 heteroatoms. The molecule has 0 radical (unpaired) electrons. The van der Waals surface area contributed by atoms with Crippen molar-refractivity contribution in [3.05, 3.63) is 36.1 Å². The molecule has 1 heterocycles. The Hall–Kier alpha value is -0.930. The normalized spacial score (nSPS) is 12.2.